The number of hydrogen-bond donors (Lipinski definition) is 0. The standard InChI is InChI=1S/C53H32N4O/c1-2-11-33(12-3-1)34-21-23-37(24-22-34)51-54-52(56-53(55-51)44-19-10-18-43-42-17-8-9-20-47(42)58-50(43)44)38-25-29-39(30-26-38)57-45-31-27-35-13-4-6-15-40(35)48(45)49-41-16-7-5-14-36(41)28-32-46(49)57/h1-32H. The zero-order valence-electron chi connectivity index (χ0n) is 31.2. The van der Waals surface area contributed by atoms with Crippen LogP contribution in [-0.4, -0.2) is 19.5 Å². The van der Waals surface area contributed by atoms with E-state index in [0.29, 0.717) is 17.5 Å². The molecule has 0 aliphatic carbocycles. The number of furan rings is 1. The van der Waals surface area contributed by atoms with Crippen molar-refractivity contribution < 1.29 is 4.42 Å². The number of fused-ring (bicyclic) bond motifs is 10. The molecule has 0 aliphatic rings. The zero-order chi connectivity index (χ0) is 38.2. The summed E-state index contributed by atoms with van der Waals surface area (Å²) in [6, 6.07) is 68.0. The molecule has 3 heterocycles. The first-order valence-corrected chi connectivity index (χ1v) is 19.5. The number of benzene rings is 9. The maximum absolute atomic E-state index is 6.47. The molecular weight excluding hydrogens is 709 g/mol. The second-order valence-corrected chi connectivity index (χ2v) is 14.8. The maximum Gasteiger partial charge on any atom is 0.167 e. The number of rotatable bonds is 5. The topological polar surface area (TPSA) is 56.7 Å². The van der Waals surface area contributed by atoms with E-state index >= 15 is 0 Å². The van der Waals surface area contributed by atoms with Crippen molar-refractivity contribution in [3.63, 3.8) is 0 Å². The van der Waals surface area contributed by atoms with Crippen molar-refractivity contribution in [2.24, 2.45) is 0 Å². The van der Waals surface area contributed by atoms with Gasteiger partial charge in [-0.15, -0.1) is 0 Å². The van der Waals surface area contributed by atoms with Crippen LogP contribution >= 0.6 is 0 Å². The number of hydrogen-bond acceptors (Lipinski definition) is 4. The third-order valence-electron chi connectivity index (χ3n) is 11.5. The Bertz CT molecular complexity index is 3450. The Labute approximate surface area is 333 Å². The quantitative estimate of drug-likeness (QED) is 0.176. The Kier molecular flexibility index (Phi) is 7.16. The van der Waals surface area contributed by atoms with Gasteiger partial charge in [0, 0.05) is 38.4 Å². The van der Waals surface area contributed by atoms with Gasteiger partial charge in [-0.25, -0.2) is 15.0 Å². The van der Waals surface area contributed by atoms with E-state index in [4.69, 9.17) is 19.4 Å². The lowest BCUT2D eigenvalue weighted by Crippen LogP contribution is -2.01. The maximum atomic E-state index is 6.47. The molecule has 270 valence electrons. The lowest BCUT2D eigenvalue weighted by atomic mass is 10.00. The first-order chi connectivity index (χ1) is 28.7. The average molecular weight is 741 g/mol. The van der Waals surface area contributed by atoms with Gasteiger partial charge in [-0.1, -0.05) is 146 Å². The van der Waals surface area contributed by atoms with Crippen LogP contribution in [0.4, 0.5) is 0 Å². The van der Waals surface area contributed by atoms with E-state index in [9.17, 15) is 0 Å². The second-order valence-electron chi connectivity index (χ2n) is 14.8. The molecule has 0 unspecified atom stereocenters. The van der Waals surface area contributed by atoms with Gasteiger partial charge in [-0.3, -0.25) is 0 Å². The van der Waals surface area contributed by atoms with E-state index in [-0.39, 0.29) is 0 Å². The molecule has 0 bridgehead atoms. The monoisotopic (exact) mass is 740 g/mol. The molecule has 0 radical (unpaired) electrons. The molecule has 0 N–H and O–H groups in total. The summed E-state index contributed by atoms with van der Waals surface area (Å²) in [5, 5.41) is 9.57. The number of nitrogens with zero attached hydrogens (tertiary/aromatic N) is 4. The van der Waals surface area contributed by atoms with Gasteiger partial charge in [0.05, 0.1) is 16.6 Å². The van der Waals surface area contributed by atoms with Crippen LogP contribution < -0.4 is 0 Å². The van der Waals surface area contributed by atoms with Crippen molar-refractivity contribution in [3.8, 4) is 51.0 Å². The molecule has 9 aromatic carbocycles. The van der Waals surface area contributed by atoms with Crippen LogP contribution in [0.5, 0.6) is 0 Å². The summed E-state index contributed by atoms with van der Waals surface area (Å²) in [6.45, 7) is 0. The minimum absolute atomic E-state index is 0.557. The van der Waals surface area contributed by atoms with Gasteiger partial charge >= 0.3 is 0 Å². The van der Waals surface area contributed by atoms with E-state index in [0.717, 1.165) is 55.4 Å². The molecule has 58 heavy (non-hydrogen) atoms. The molecular formula is C53H32N4O. The molecule has 0 spiro atoms. The number of para-hydroxylation sites is 2. The summed E-state index contributed by atoms with van der Waals surface area (Å²) in [5.74, 6) is 1.74. The van der Waals surface area contributed by atoms with E-state index in [1.807, 2.05) is 36.4 Å². The summed E-state index contributed by atoms with van der Waals surface area (Å²) >= 11 is 0. The normalized spacial score (nSPS) is 11.8. The molecule has 0 saturated carbocycles. The third kappa shape index (κ3) is 5.07. The third-order valence-corrected chi connectivity index (χ3v) is 11.5. The van der Waals surface area contributed by atoms with Gasteiger partial charge in [0.15, 0.2) is 17.5 Å². The van der Waals surface area contributed by atoms with Gasteiger partial charge in [0.2, 0.25) is 0 Å². The van der Waals surface area contributed by atoms with Gasteiger partial charge in [0.1, 0.15) is 11.2 Å². The first kappa shape index (κ1) is 32.4. The van der Waals surface area contributed by atoms with E-state index < -0.39 is 0 Å². The SMILES string of the molecule is c1ccc(-c2ccc(-c3nc(-c4ccc(-n5c6ccc7ccccc7c6c6c7ccccc7ccc65)cc4)nc(-c4cccc5c4oc4ccccc45)n3)cc2)cc1. The summed E-state index contributed by atoms with van der Waals surface area (Å²) in [6.07, 6.45) is 0. The van der Waals surface area contributed by atoms with Crippen molar-refractivity contribution in [1.82, 2.24) is 19.5 Å². The largest absolute Gasteiger partial charge is 0.455 e. The summed E-state index contributed by atoms with van der Waals surface area (Å²) in [7, 11) is 0. The molecule has 0 aliphatic heterocycles. The second kappa shape index (κ2) is 12.8. The van der Waals surface area contributed by atoms with Gasteiger partial charge < -0.3 is 8.98 Å². The zero-order valence-corrected chi connectivity index (χ0v) is 31.2. The van der Waals surface area contributed by atoms with Gasteiger partial charge in [0.25, 0.3) is 0 Å². The highest BCUT2D eigenvalue weighted by atomic mass is 16.3. The smallest absolute Gasteiger partial charge is 0.167 e. The van der Waals surface area contributed by atoms with Crippen molar-refractivity contribution in [1.29, 1.82) is 0 Å². The highest BCUT2D eigenvalue weighted by molar-refractivity contribution is 6.28. The fourth-order valence-corrected chi connectivity index (χ4v) is 8.71. The molecule has 0 fully saturated rings. The van der Waals surface area contributed by atoms with E-state index in [1.165, 1.54) is 43.4 Å². The van der Waals surface area contributed by atoms with E-state index in [1.54, 1.807) is 0 Å². The molecule has 12 rings (SSSR count). The number of aromatic nitrogens is 4. The minimum Gasteiger partial charge on any atom is -0.455 e. The molecule has 12 aromatic rings. The Balaban J connectivity index is 1.03. The average Bonchev–Trinajstić information content (AvgIpc) is 3.86. The van der Waals surface area contributed by atoms with Gasteiger partial charge in [-0.2, -0.15) is 0 Å². The lowest BCUT2D eigenvalue weighted by Gasteiger charge is -2.11. The summed E-state index contributed by atoms with van der Waals surface area (Å²) < 4.78 is 8.85. The predicted octanol–water partition coefficient (Wildman–Crippen LogP) is 13.8. The highest BCUT2D eigenvalue weighted by Crippen LogP contribution is 2.41. The minimum atomic E-state index is 0.557. The van der Waals surface area contributed by atoms with Crippen molar-refractivity contribution in [2.45, 2.75) is 0 Å². The highest BCUT2D eigenvalue weighted by Gasteiger charge is 2.20. The van der Waals surface area contributed by atoms with Crippen molar-refractivity contribution >= 4 is 65.3 Å². The molecule has 5 heteroatoms. The molecule has 0 saturated heterocycles. The first-order valence-electron chi connectivity index (χ1n) is 19.5. The molecule has 0 amide bonds. The van der Waals surface area contributed by atoms with Crippen LogP contribution in [0.3, 0.4) is 0 Å². The lowest BCUT2D eigenvalue weighted by molar-refractivity contribution is 0.669. The van der Waals surface area contributed by atoms with E-state index in [2.05, 4.69) is 162 Å². The predicted molar refractivity (Wildman–Crippen MR) is 238 cm³/mol. The fourth-order valence-electron chi connectivity index (χ4n) is 8.71. The van der Waals surface area contributed by atoms with Gasteiger partial charge in [-0.05, 0) is 81.2 Å². The van der Waals surface area contributed by atoms with Crippen LogP contribution in [0.1, 0.15) is 0 Å². The van der Waals surface area contributed by atoms with Crippen LogP contribution in [-0.2, 0) is 0 Å². The van der Waals surface area contributed by atoms with Crippen molar-refractivity contribution in [3.05, 3.63) is 194 Å². The summed E-state index contributed by atoms with van der Waals surface area (Å²) in [4.78, 5) is 15.4. The Morgan fingerprint density at radius 3 is 1.50 bits per heavy atom. The molecule has 3 aromatic heterocycles. The molecule has 0 atom stereocenters. The summed E-state index contributed by atoms with van der Waals surface area (Å²) in [5.41, 5.74) is 9.89. The fraction of sp³-hybridized carbons (Fsp3) is 0. The Morgan fingerprint density at radius 2 is 0.845 bits per heavy atom. The Hall–Kier alpha value is -7.89. The molecule has 5 nitrogen and oxygen atoms in total. The van der Waals surface area contributed by atoms with Crippen LogP contribution in [0.2, 0.25) is 0 Å². The van der Waals surface area contributed by atoms with Crippen LogP contribution in [0, 0.1) is 0 Å². The van der Waals surface area contributed by atoms with Crippen LogP contribution in [0.25, 0.3) is 116 Å². The van der Waals surface area contributed by atoms with Crippen molar-refractivity contribution in [2.75, 3.05) is 0 Å². The Morgan fingerprint density at radius 1 is 0.345 bits per heavy atom. The van der Waals surface area contributed by atoms with Crippen LogP contribution in [0.15, 0.2) is 199 Å².